The normalized spacial score (nSPS) is 16.0. The number of rotatable bonds is 4. The zero-order valence-electron chi connectivity index (χ0n) is 12.0. The van der Waals surface area contributed by atoms with Gasteiger partial charge in [0.25, 0.3) is 11.5 Å². The van der Waals surface area contributed by atoms with Gasteiger partial charge in [-0.15, -0.1) is 0 Å². The highest BCUT2D eigenvalue weighted by atomic mass is 16.4. The Morgan fingerprint density at radius 2 is 2.00 bits per heavy atom. The van der Waals surface area contributed by atoms with Gasteiger partial charge in [0.1, 0.15) is 5.69 Å². The molecule has 0 aromatic carbocycles. The summed E-state index contributed by atoms with van der Waals surface area (Å²) in [6.07, 6.45) is 2.46. The van der Waals surface area contributed by atoms with Gasteiger partial charge in [-0.25, -0.2) is 4.68 Å². The number of likely N-dealkylation sites (tertiary alicyclic amines) is 1. The predicted octanol–water partition coefficient (Wildman–Crippen LogP) is 0.497. The second-order valence-corrected chi connectivity index (χ2v) is 5.35. The lowest BCUT2D eigenvalue weighted by molar-refractivity contribution is -0.137. The third-order valence-electron chi connectivity index (χ3n) is 3.85. The SMILES string of the molecule is Cn1nc(C(=O)N2CCC(CCC(=O)O)CC2)ccc1=O. The fourth-order valence-electron chi connectivity index (χ4n) is 2.53. The molecular weight excluding hydrogens is 274 g/mol. The minimum atomic E-state index is -0.775. The van der Waals surface area contributed by atoms with E-state index in [0.29, 0.717) is 25.4 Å². The molecule has 1 N–H and O–H groups in total. The third kappa shape index (κ3) is 3.90. The number of nitrogens with zero attached hydrogens (tertiary/aromatic N) is 3. The van der Waals surface area contributed by atoms with Gasteiger partial charge in [0.2, 0.25) is 0 Å². The van der Waals surface area contributed by atoms with Gasteiger partial charge in [-0.1, -0.05) is 0 Å². The van der Waals surface area contributed by atoms with Crippen molar-refractivity contribution in [2.24, 2.45) is 13.0 Å². The number of amides is 1. The maximum absolute atomic E-state index is 12.3. The maximum Gasteiger partial charge on any atom is 0.303 e. The first-order valence-corrected chi connectivity index (χ1v) is 7.03. The van der Waals surface area contributed by atoms with Gasteiger partial charge in [-0.2, -0.15) is 5.10 Å². The fourth-order valence-corrected chi connectivity index (χ4v) is 2.53. The van der Waals surface area contributed by atoms with Crippen LogP contribution in [0.3, 0.4) is 0 Å². The molecule has 0 bridgehead atoms. The van der Waals surface area contributed by atoms with Gasteiger partial charge in [-0.05, 0) is 31.2 Å². The van der Waals surface area contributed by atoms with Gasteiger partial charge in [0.05, 0.1) is 0 Å². The largest absolute Gasteiger partial charge is 0.481 e. The van der Waals surface area contributed by atoms with Crippen LogP contribution in [-0.4, -0.2) is 44.8 Å². The lowest BCUT2D eigenvalue weighted by atomic mass is 9.92. The quantitative estimate of drug-likeness (QED) is 0.872. The number of hydrogen-bond donors (Lipinski definition) is 1. The topological polar surface area (TPSA) is 92.5 Å². The number of carboxylic acids is 1. The number of aliphatic carboxylic acids is 1. The van der Waals surface area contributed by atoms with Crippen molar-refractivity contribution in [2.45, 2.75) is 25.7 Å². The van der Waals surface area contributed by atoms with Crippen molar-refractivity contribution >= 4 is 11.9 Å². The lowest BCUT2D eigenvalue weighted by Gasteiger charge is -2.31. The molecule has 114 valence electrons. The summed E-state index contributed by atoms with van der Waals surface area (Å²) in [5, 5.41) is 12.6. The molecule has 0 unspecified atom stereocenters. The number of carbonyl (C=O) groups excluding carboxylic acids is 1. The van der Waals surface area contributed by atoms with Crippen LogP contribution in [0.2, 0.25) is 0 Å². The Hall–Kier alpha value is -2.18. The fraction of sp³-hybridized carbons (Fsp3) is 0.571. The van der Waals surface area contributed by atoms with Crippen molar-refractivity contribution in [1.82, 2.24) is 14.7 Å². The Balaban J connectivity index is 1.92. The Morgan fingerprint density at radius 1 is 1.33 bits per heavy atom. The average Bonchev–Trinajstić information content (AvgIpc) is 2.48. The molecule has 0 spiro atoms. The van der Waals surface area contributed by atoms with Crippen molar-refractivity contribution in [3.8, 4) is 0 Å². The van der Waals surface area contributed by atoms with Crippen LogP contribution in [0.4, 0.5) is 0 Å². The van der Waals surface area contributed by atoms with Crippen LogP contribution in [0.15, 0.2) is 16.9 Å². The number of piperidine rings is 1. The maximum atomic E-state index is 12.3. The molecule has 1 saturated heterocycles. The van der Waals surface area contributed by atoms with Crippen LogP contribution >= 0.6 is 0 Å². The molecule has 1 aliphatic rings. The molecule has 1 aromatic rings. The van der Waals surface area contributed by atoms with Crippen molar-refractivity contribution in [2.75, 3.05) is 13.1 Å². The molecule has 0 aliphatic carbocycles. The summed E-state index contributed by atoms with van der Waals surface area (Å²) in [5.41, 5.74) is 0.0139. The van der Waals surface area contributed by atoms with E-state index in [-0.39, 0.29) is 23.6 Å². The summed E-state index contributed by atoms with van der Waals surface area (Å²) >= 11 is 0. The molecule has 0 radical (unpaired) electrons. The van der Waals surface area contributed by atoms with E-state index in [1.165, 1.54) is 19.2 Å². The predicted molar refractivity (Wildman–Crippen MR) is 75.0 cm³/mol. The monoisotopic (exact) mass is 293 g/mol. The zero-order chi connectivity index (χ0) is 15.4. The molecule has 1 aliphatic heterocycles. The third-order valence-corrected chi connectivity index (χ3v) is 3.85. The summed E-state index contributed by atoms with van der Waals surface area (Å²) in [7, 11) is 1.51. The molecule has 1 amide bonds. The van der Waals surface area contributed by atoms with Gasteiger partial charge >= 0.3 is 5.97 Å². The molecular formula is C14H19N3O4. The highest BCUT2D eigenvalue weighted by molar-refractivity contribution is 5.92. The first kappa shape index (κ1) is 15.2. The molecule has 2 rings (SSSR count). The van der Waals surface area contributed by atoms with Crippen molar-refractivity contribution < 1.29 is 14.7 Å². The van der Waals surface area contributed by atoms with Crippen molar-refractivity contribution in [1.29, 1.82) is 0 Å². The Kier molecular flexibility index (Phi) is 4.72. The Morgan fingerprint density at radius 3 is 2.57 bits per heavy atom. The van der Waals surface area contributed by atoms with E-state index in [1.54, 1.807) is 4.90 Å². The molecule has 7 heteroatoms. The molecule has 1 aromatic heterocycles. The number of hydrogen-bond acceptors (Lipinski definition) is 4. The Bertz CT molecular complexity index is 588. The van der Waals surface area contributed by atoms with E-state index in [9.17, 15) is 14.4 Å². The molecule has 2 heterocycles. The number of aryl methyl sites for hydroxylation is 1. The second-order valence-electron chi connectivity index (χ2n) is 5.35. The molecule has 0 atom stereocenters. The van der Waals surface area contributed by atoms with E-state index >= 15 is 0 Å². The van der Waals surface area contributed by atoms with Crippen LogP contribution in [0.5, 0.6) is 0 Å². The van der Waals surface area contributed by atoms with Gasteiger partial charge in [0.15, 0.2) is 0 Å². The highest BCUT2D eigenvalue weighted by Gasteiger charge is 2.24. The summed E-state index contributed by atoms with van der Waals surface area (Å²) in [5.74, 6) is -0.594. The summed E-state index contributed by atoms with van der Waals surface area (Å²) in [4.78, 5) is 35.8. The van der Waals surface area contributed by atoms with E-state index in [1.807, 2.05) is 0 Å². The summed E-state index contributed by atoms with van der Waals surface area (Å²) in [6.45, 7) is 1.21. The summed E-state index contributed by atoms with van der Waals surface area (Å²) in [6, 6.07) is 2.78. The number of carboxylic acid groups (broad SMARTS) is 1. The van der Waals surface area contributed by atoms with Crippen LogP contribution < -0.4 is 5.56 Å². The van der Waals surface area contributed by atoms with E-state index in [2.05, 4.69) is 5.10 Å². The molecule has 21 heavy (non-hydrogen) atoms. The smallest absolute Gasteiger partial charge is 0.303 e. The average molecular weight is 293 g/mol. The second kappa shape index (κ2) is 6.51. The highest BCUT2D eigenvalue weighted by Crippen LogP contribution is 2.22. The first-order chi connectivity index (χ1) is 9.97. The van der Waals surface area contributed by atoms with Gasteiger partial charge in [0, 0.05) is 32.6 Å². The standard InChI is InChI=1S/C14H19N3O4/c1-16-12(18)4-3-11(15-16)14(21)17-8-6-10(7-9-17)2-5-13(19)20/h3-4,10H,2,5-9H2,1H3,(H,19,20). The van der Waals surface area contributed by atoms with Gasteiger partial charge < -0.3 is 10.0 Å². The molecule has 1 fully saturated rings. The summed E-state index contributed by atoms with van der Waals surface area (Å²) < 4.78 is 1.15. The minimum Gasteiger partial charge on any atom is -0.481 e. The van der Waals surface area contributed by atoms with Crippen molar-refractivity contribution in [3.05, 3.63) is 28.2 Å². The van der Waals surface area contributed by atoms with Crippen LogP contribution in [0, 0.1) is 5.92 Å². The van der Waals surface area contributed by atoms with E-state index < -0.39 is 5.97 Å². The van der Waals surface area contributed by atoms with E-state index in [0.717, 1.165) is 17.5 Å². The van der Waals surface area contributed by atoms with Crippen LogP contribution in [0.25, 0.3) is 0 Å². The molecule has 7 nitrogen and oxygen atoms in total. The van der Waals surface area contributed by atoms with E-state index in [4.69, 9.17) is 5.11 Å². The van der Waals surface area contributed by atoms with Gasteiger partial charge in [-0.3, -0.25) is 14.4 Å². The number of carbonyl (C=O) groups is 2. The van der Waals surface area contributed by atoms with Crippen molar-refractivity contribution in [3.63, 3.8) is 0 Å². The minimum absolute atomic E-state index is 0.178. The molecule has 0 saturated carbocycles. The first-order valence-electron chi connectivity index (χ1n) is 7.03. The Labute approximate surface area is 122 Å². The lowest BCUT2D eigenvalue weighted by Crippen LogP contribution is -2.39. The van der Waals surface area contributed by atoms with Crippen LogP contribution in [-0.2, 0) is 11.8 Å². The van der Waals surface area contributed by atoms with Crippen LogP contribution in [0.1, 0.15) is 36.2 Å². The number of aromatic nitrogens is 2. The zero-order valence-corrected chi connectivity index (χ0v) is 12.0.